The molecule has 0 radical (unpaired) electrons. The minimum Gasteiger partial charge on any atom is -0.338 e. The number of aromatic nitrogens is 4. The maximum atomic E-state index is 12.0. The first kappa shape index (κ1) is 13.8. The van der Waals surface area contributed by atoms with Crippen molar-refractivity contribution in [3.8, 4) is 0 Å². The molecule has 2 heterocycles. The molecule has 5 nitrogen and oxygen atoms in total. The maximum absolute atomic E-state index is 12.0. The zero-order valence-corrected chi connectivity index (χ0v) is 12.1. The van der Waals surface area contributed by atoms with E-state index < -0.39 is 0 Å². The highest BCUT2D eigenvalue weighted by atomic mass is 35.5. The standard InChI is InChI=1S/C13H17ClN4O/c1-9(2)13-16-10(14)8-12(19)18(13)6-4-11-15-5-7-17(11)3/h5,7-9H,4,6H2,1-3H3. The molecule has 0 saturated heterocycles. The summed E-state index contributed by atoms with van der Waals surface area (Å²) >= 11 is 5.85. The van der Waals surface area contributed by atoms with Gasteiger partial charge in [-0.1, -0.05) is 25.4 Å². The first-order chi connectivity index (χ1) is 8.99. The van der Waals surface area contributed by atoms with E-state index in [0.29, 0.717) is 18.8 Å². The number of imidazole rings is 1. The van der Waals surface area contributed by atoms with E-state index in [1.54, 1.807) is 10.8 Å². The summed E-state index contributed by atoms with van der Waals surface area (Å²) in [5, 5.41) is 0.252. The lowest BCUT2D eigenvalue weighted by Gasteiger charge is -2.14. The van der Waals surface area contributed by atoms with Gasteiger partial charge in [-0.2, -0.15) is 0 Å². The zero-order valence-electron chi connectivity index (χ0n) is 11.3. The van der Waals surface area contributed by atoms with Crippen LogP contribution < -0.4 is 5.56 Å². The molecule has 0 aliphatic rings. The molecule has 0 aliphatic carbocycles. The van der Waals surface area contributed by atoms with E-state index >= 15 is 0 Å². The fourth-order valence-corrected chi connectivity index (χ4v) is 2.19. The van der Waals surface area contributed by atoms with Crippen LogP contribution in [0.4, 0.5) is 0 Å². The minimum atomic E-state index is -0.113. The molecule has 2 aromatic rings. The third-order valence-electron chi connectivity index (χ3n) is 3.00. The van der Waals surface area contributed by atoms with Crippen LogP contribution in [0.3, 0.4) is 0 Å². The molecule has 0 amide bonds. The molecule has 2 aromatic heterocycles. The van der Waals surface area contributed by atoms with E-state index in [9.17, 15) is 4.79 Å². The molecule has 0 unspecified atom stereocenters. The highest BCUT2D eigenvalue weighted by Gasteiger charge is 2.12. The van der Waals surface area contributed by atoms with Gasteiger partial charge in [0.25, 0.3) is 5.56 Å². The number of hydrogen-bond acceptors (Lipinski definition) is 3. The summed E-state index contributed by atoms with van der Waals surface area (Å²) in [4.78, 5) is 20.5. The molecule has 102 valence electrons. The van der Waals surface area contributed by atoms with Crippen LogP contribution in [0.5, 0.6) is 0 Å². The molecule has 0 aromatic carbocycles. The lowest BCUT2D eigenvalue weighted by atomic mass is 10.2. The second-order valence-electron chi connectivity index (χ2n) is 4.79. The van der Waals surface area contributed by atoms with Crippen molar-refractivity contribution in [1.29, 1.82) is 0 Å². The Morgan fingerprint density at radius 2 is 2.16 bits per heavy atom. The molecule has 0 N–H and O–H groups in total. The highest BCUT2D eigenvalue weighted by Crippen LogP contribution is 2.13. The van der Waals surface area contributed by atoms with E-state index in [-0.39, 0.29) is 16.6 Å². The number of hydrogen-bond donors (Lipinski definition) is 0. The maximum Gasteiger partial charge on any atom is 0.255 e. The van der Waals surface area contributed by atoms with E-state index in [0.717, 1.165) is 5.82 Å². The third-order valence-corrected chi connectivity index (χ3v) is 3.20. The van der Waals surface area contributed by atoms with Crippen LogP contribution in [0.2, 0.25) is 5.15 Å². The average Bonchev–Trinajstić information content (AvgIpc) is 2.73. The molecule has 0 saturated carbocycles. The Morgan fingerprint density at radius 1 is 1.42 bits per heavy atom. The van der Waals surface area contributed by atoms with Crippen LogP contribution in [-0.4, -0.2) is 19.1 Å². The largest absolute Gasteiger partial charge is 0.338 e. The molecule has 0 spiro atoms. The highest BCUT2D eigenvalue weighted by molar-refractivity contribution is 6.29. The normalized spacial score (nSPS) is 11.2. The summed E-state index contributed by atoms with van der Waals surface area (Å²) in [5.41, 5.74) is -0.113. The van der Waals surface area contributed by atoms with Gasteiger partial charge in [0.15, 0.2) is 0 Å². The van der Waals surface area contributed by atoms with Crippen molar-refractivity contribution in [3.05, 3.63) is 45.6 Å². The average molecular weight is 281 g/mol. The quantitative estimate of drug-likeness (QED) is 0.805. The molecule has 6 heteroatoms. The Bertz CT molecular complexity index is 630. The van der Waals surface area contributed by atoms with Gasteiger partial charge in [-0.05, 0) is 0 Å². The third kappa shape index (κ3) is 3.04. The van der Waals surface area contributed by atoms with E-state index in [2.05, 4.69) is 9.97 Å². The summed E-state index contributed by atoms with van der Waals surface area (Å²) in [6.45, 7) is 4.55. The molecule has 19 heavy (non-hydrogen) atoms. The van der Waals surface area contributed by atoms with E-state index in [4.69, 9.17) is 11.6 Å². The van der Waals surface area contributed by atoms with Crippen LogP contribution in [0, 0.1) is 0 Å². The van der Waals surface area contributed by atoms with Gasteiger partial charge < -0.3 is 4.57 Å². The Balaban J connectivity index is 2.29. The van der Waals surface area contributed by atoms with Crippen LogP contribution in [0.1, 0.15) is 31.4 Å². The first-order valence-electron chi connectivity index (χ1n) is 6.22. The minimum absolute atomic E-state index is 0.113. The van der Waals surface area contributed by atoms with Gasteiger partial charge in [-0.15, -0.1) is 0 Å². The van der Waals surface area contributed by atoms with E-state index in [1.165, 1.54) is 6.07 Å². The molecule has 2 rings (SSSR count). The van der Waals surface area contributed by atoms with Gasteiger partial charge in [0.2, 0.25) is 0 Å². The van der Waals surface area contributed by atoms with Gasteiger partial charge in [-0.3, -0.25) is 9.36 Å². The predicted molar refractivity (Wildman–Crippen MR) is 74.5 cm³/mol. The summed E-state index contributed by atoms with van der Waals surface area (Å²) < 4.78 is 3.62. The monoisotopic (exact) mass is 280 g/mol. The number of rotatable bonds is 4. The zero-order chi connectivity index (χ0) is 14.0. The van der Waals surface area contributed by atoms with Gasteiger partial charge >= 0.3 is 0 Å². The summed E-state index contributed by atoms with van der Waals surface area (Å²) in [7, 11) is 1.94. The molecular formula is C13H17ClN4O. The molecule has 0 aliphatic heterocycles. The van der Waals surface area contributed by atoms with Crippen molar-refractivity contribution in [1.82, 2.24) is 19.1 Å². The smallest absolute Gasteiger partial charge is 0.255 e. The summed E-state index contributed by atoms with van der Waals surface area (Å²) in [5.74, 6) is 1.80. The van der Waals surface area contributed by atoms with Crippen molar-refractivity contribution in [2.24, 2.45) is 7.05 Å². The second-order valence-corrected chi connectivity index (χ2v) is 5.17. The Hall–Kier alpha value is -1.62. The lowest BCUT2D eigenvalue weighted by molar-refractivity contribution is 0.564. The number of aryl methyl sites for hydroxylation is 2. The van der Waals surface area contributed by atoms with Crippen molar-refractivity contribution in [3.63, 3.8) is 0 Å². The summed E-state index contributed by atoms with van der Waals surface area (Å²) in [6, 6.07) is 1.35. The van der Waals surface area contributed by atoms with Gasteiger partial charge in [0, 0.05) is 44.4 Å². The van der Waals surface area contributed by atoms with Crippen LogP contribution in [0.15, 0.2) is 23.3 Å². The fraction of sp³-hybridized carbons (Fsp3) is 0.462. The fourth-order valence-electron chi connectivity index (χ4n) is 2.01. The Labute approximate surface area is 116 Å². The van der Waals surface area contributed by atoms with Gasteiger partial charge in [-0.25, -0.2) is 9.97 Å². The molecular weight excluding hydrogens is 264 g/mol. The van der Waals surface area contributed by atoms with Crippen molar-refractivity contribution >= 4 is 11.6 Å². The number of halogens is 1. The lowest BCUT2D eigenvalue weighted by Crippen LogP contribution is -2.26. The second kappa shape index (κ2) is 5.57. The number of nitrogens with zero attached hydrogens (tertiary/aromatic N) is 4. The van der Waals surface area contributed by atoms with Crippen LogP contribution in [0.25, 0.3) is 0 Å². The first-order valence-corrected chi connectivity index (χ1v) is 6.60. The van der Waals surface area contributed by atoms with Crippen LogP contribution >= 0.6 is 11.6 Å². The van der Waals surface area contributed by atoms with Crippen LogP contribution in [-0.2, 0) is 20.0 Å². The SMILES string of the molecule is CC(C)c1nc(Cl)cc(=O)n1CCc1nccn1C. The van der Waals surface area contributed by atoms with Crippen molar-refractivity contribution in [2.75, 3.05) is 0 Å². The van der Waals surface area contributed by atoms with E-state index in [1.807, 2.05) is 31.7 Å². The topological polar surface area (TPSA) is 52.7 Å². The summed E-state index contributed by atoms with van der Waals surface area (Å²) in [6.07, 6.45) is 4.33. The Kier molecular flexibility index (Phi) is 4.04. The predicted octanol–water partition coefficient (Wildman–Crippen LogP) is 2.00. The van der Waals surface area contributed by atoms with Gasteiger partial charge in [0.1, 0.15) is 16.8 Å². The molecule has 0 bridgehead atoms. The van der Waals surface area contributed by atoms with Crippen molar-refractivity contribution < 1.29 is 0 Å². The molecule has 0 fully saturated rings. The van der Waals surface area contributed by atoms with Gasteiger partial charge in [0.05, 0.1) is 0 Å². The molecule has 0 atom stereocenters. The Morgan fingerprint density at radius 3 is 2.74 bits per heavy atom. The van der Waals surface area contributed by atoms with Crippen molar-refractivity contribution in [2.45, 2.75) is 32.7 Å².